The van der Waals surface area contributed by atoms with Crippen LogP contribution in [-0.4, -0.2) is 27.7 Å². The molecule has 0 bridgehead atoms. The van der Waals surface area contributed by atoms with Gasteiger partial charge in [0.25, 0.3) is 0 Å². The highest BCUT2D eigenvalue weighted by Gasteiger charge is 2.07. The monoisotopic (exact) mass is 259 g/mol. The van der Waals surface area contributed by atoms with Gasteiger partial charge in [0.2, 0.25) is 5.82 Å². The lowest BCUT2D eigenvalue weighted by Gasteiger charge is -2.07. The molecule has 6 nitrogen and oxygen atoms in total. The lowest BCUT2D eigenvalue weighted by atomic mass is 10.3. The van der Waals surface area contributed by atoms with Crippen LogP contribution in [0.2, 0.25) is 0 Å². The van der Waals surface area contributed by atoms with Gasteiger partial charge in [0, 0.05) is 11.9 Å². The fourth-order valence-electron chi connectivity index (χ4n) is 1.48. The van der Waals surface area contributed by atoms with Crippen molar-refractivity contribution in [1.82, 2.24) is 9.97 Å². The van der Waals surface area contributed by atoms with E-state index in [4.69, 9.17) is 9.84 Å². The van der Waals surface area contributed by atoms with Crippen molar-refractivity contribution in [3.63, 3.8) is 0 Å². The van der Waals surface area contributed by atoms with Gasteiger partial charge in [-0.2, -0.15) is 0 Å². The summed E-state index contributed by atoms with van der Waals surface area (Å²) in [6.07, 6.45) is 1.40. The number of carboxylic acids is 1. The van der Waals surface area contributed by atoms with Crippen molar-refractivity contribution in [2.75, 3.05) is 11.9 Å². The molecule has 1 aromatic carbocycles. The summed E-state index contributed by atoms with van der Waals surface area (Å²) in [5, 5.41) is 11.8. The van der Waals surface area contributed by atoms with Gasteiger partial charge in [-0.1, -0.05) is 0 Å². The number of carboxylic acid groups (broad SMARTS) is 1. The SMILES string of the molecule is CCOc1ccc(Nc2ccnc(C(=O)O)n2)cc1. The van der Waals surface area contributed by atoms with Gasteiger partial charge in [-0.25, -0.2) is 14.8 Å². The number of aromatic carboxylic acids is 1. The minimum atomic E-state index is -1.16. The first-order valence-electron chi connectivity index (χ1n) is 5.75. The third kappa shape index (κ3) is 3.41. The predicted molar refractivity (Wildman–Crippen MR) is 69.9 cm³/mol. The first kappa shape index (κ1) is 12.8. The zero-order valence-corrected chi connectivity index (χ0v) is 10.3. The molecule has 2 rings (SSSR count). The minimum Gasteiger partial charge on any atom is -0.494 e. The van der Waals surface area contributed by atoms with Crippen LogP contribution in [0, 0.1) is 0 Å². The second-order valence-corrected chi connectivity index (χ2v) is 3.65. The Bertz CT molecular complexity index is 570. The quantitative estimate of drug-likeness (QED) is 0.857. The number of benzene rings is 1. The molecule has 0 aliphatic rings. The van der Waals surface area contributed by atoms with E-state index in [9.17, 15) is 4.79 Å². The number of nitrogens with one attached hydrogen (secondary N) is 1. The molecule has 98 valence electrons. The molecule has 0 atom stereocenters. The number of anilines is 2. The number of nitrogens with zero attached hydrogens (tertiary/aromatic N) is 2. The van der Waals surface area contributed by atoms with Crippen LogP contribution < -0.4 is 10.1 Å². The molecule has 1 aromatic heterocycles. The Labute approximate surface area is 110 Å². The van der Waals surface area contributed by atoms with Gasteiger partial charge in [-0.3, -0.25) is 0 Å². The number of ether oxygens (including phenoxy) is 1. The average molecular weight is 259 g/mol. The van der Waals surface area contributed by atoms with Crippen LogP contribution in [0.1, 0.15) is 17.5 Å². The Balaban J connectivity index is 2.12. The van der Waals surface area contributed by atoms with Gasteiger partial charge < -0.3 is 15.2 Å². The van der Waals surface area contributed by atoms with Gasteiger partial charge in [-0.05, 0) is 37.3 Å². The van der Waals surface area contributed by atoms with E-state index in [1.165, 1.54) is 6.20 Å². The molecule has 0 radical (unpaired) electrons. The van der Waals surface area contributed by atoms with Crippen LogP contribution in [0.25, 0.3) is 0 Å². The third-order valence-electron chi connectivity index (χ3n) is 2.28. The maximum atomic E-state index is 10.8. The van der Waals surface area contributed by atoms with E-state index in [0.717, 1.165) is 11.4 Å². The van der Waals surface area contributed by atoms with E-state index in [-0.39, 0.29) is 5.82 Å². The highest BCUT2D eigenvalue weighted by Crippen LogP contribution is 2.18. The number of rotatable bonds is 5. The van der Waals surface area contributed by atoms with Crippen molar-refractivity contribution in [3.8, 4) is 5.75 Å². The topological polar surface area (TPSA) is 84.3 Å². The first-order chi connectivity index (χ1) is 9.19. The van der Waals surface area contributed by atoms with Crippen molar-refractivity contribution in [2.24, 2.45) is 0 Å². The number of carbonyl (C=O) groups is 1. The van der Waals surface area contributed by atoms with Gasteiger partial charge in [0.05, 0.1) is 6.61 Å². The van der Waals surface area contributed by atoms with Gasteiger partial charge in [0.15, 0.2) is 0 Å². The second kappa shape index (κ2) is 5.81. The fraction of sp³-hybridized carbons (Fsp3) is 0.154. The Morgan fingerprint density at radius 1 is 1.32 bits per heavy atom. The molecule has 1 heterocycles. The number of hydrogen-bond acceptors (Lipinski definition) is 5. The predicted octanol–water partition coefficient (Wildman–Crippen LogP) is 2.32. The zero-order chi connectivity index (χ0) is 13.7. The first-order valence-corrected chi connectivity index (χ1v) is 5.75. The Hall–Kier alpha value is -2.63. The Morgan fingerprint density at radius 3 is 2.68 bits per heavy atom. The van der Waals surface area contributed by atoms with Crippen LogP contribution >= 0.6 is 0 Å². The third-order valence-corrected chi connectivity index (χ3v) is 2.28. The van der Waals surface area contributed by atoms with Crippen LogP contribution in [0.4, 0.5) is 11.5 Å². The van der Waals surface area contributed by atoms with Crippen molar-refractivity contribution < 1.29 is 14.6 Å². The van der Waals surface area contributed by atoms with Crippen molar-refractivity contribution in [2.45, 2.75) is 6.92 Å². The summed E-state index contributed by atoms with van der Waals surface area (Å²) in [5.41, 5.74) is 0.790. The molecule has 0 unspecified atom stereocenters. The molecule has 0 fully saturated rings. The van der Waals surface area contributed by atoms with Crippen LogP contribution in [0.3, 0.4) is 0 Å². The van der Waals surface area contributed by atoms with Crippen LogP contribution in [0.5, 0.6) is 5.75 Å². The Morgan fingerprint density at radius 2 is 2.05 bits per heavy atom. The molecule has 0 saturated carbocycles. The summed E-state index contributed by atoms with van der Waals surface area (Å²) in [4.78, 5) is 18.3. The second-order valence-electron chi connectivity index (χ2n) is 3.65. The number of hydrogen-bond donors (Lipinski definition) is 2. The largest absolute Gasteiger partial charge is 0.494 e. The standard InChI is InChI=1S/C13H13N3O3/c1-2-19-10-5-3-9(4-6-10)15-11-7-8-14-12(16-11)13(17)18/h3-8H,2H2,1H3,(H,17,18)(H,14,15,16). The molecule has 0 spiro atoms. The lowest BCUT2D eigenvalue weighted by Crippen LogP contribution is -2.05. The van der Waals surface area contributed by atoms with E-state index >= 15 is 0 Å². The molecule has 2 N–H and O–H groups in total. The molecule has 0 saturated heterocycles. The summed E-state index contributed by atoms with van der Waals surface area (Å²) < 4.78 is 5.33. The van der Waals surface area contributed by atoms with Crippen LogP contribution in [0.15, 0.2) is 36.5 Å². The van der Waals surface area contributed by atoms with Gasteiger partial charge in [-0.15, -0.1) is 0 Å². The average Bonchev–Trinajstić information content (AvgIpc) is 2.42. The number of aromatic nitrogens is 2. The zero-order valence-electron chi connectivity index (χ0n) is 10.3. The molecule has 0 aliphatic heterocycles. The molecule has 0 aliphatic carbocycles. The molecule has 0 amide bonds. The van der Waals surface area contributed by atoms with Crippen molar-refractivity contribution in [1.29, 1.82) is 0 Å². The summed E-state index contributed by atoms with van der Waals surface area (Å²) in [6.45, 7) is 2.53. The summed E-state index contributed by atoms with van der Waals surface area (Å²) >= 11 is 0. The maximum Gasteiger partial charge on any atom is 0.374 e. The van der Waals surface area contributed by atoms with Crippen LogP contribution in [-0.2, 0) is 0 Å². The molecular formula is C13H13N3O3. The summed E-state index contributed by atoms with van der Waals surface area (Å²) in [6, 6.07) is 8.90. The maximum absolute atomic E-state index is 10.8. The molecule has 19 heavy (non-hydrogen) atoms. The van der Waals surface area contributed by atoms with Gasteiger partial charge >= 0.3 is 5.97 Å². The lowest BCUT2D eigenvalue weighted by molar-refractivity contribution is 0.0683. The highest BCUT2D eigenvalue weighted by molar-refractivity contribution is 5.83. The fourth-order valence-corrected chi connectivity index (χ4v) is 1.48. The van der Waals surface area contributed by atoms with E-state index in [2.05, 4.69) is 15.3 Å². The van der Waals surface area contributed by atoms with E-state index in [1.807, 2.05) is 31.2 Å². The van der Waals surface area contributed by atoms with Crippen molar-refractivity contribution in [3.05, 3.63) is 42.4 Å². The molecular weight excluding hydrogens is 246 g/mol. The summed E-state index contributed by atoms with van der Waals surface area (Å²) in [7, 11) is 0. The smallest absolute Gasteiger partial charge is 0.374 e. The normalized spacial score (nSPS) is 9.95. The van der Waals surface area contributed by atoms with Gasteiger partial charge in [0.1, 0.15) is 11.6 Å². The Kier molecular flexibility index (Phi) is 3.92. The molecule has 2 aromatic rings. The molecule has 6 heteroatoms. The minimum absolute atomic E-state index is 0.240. The van der Waals surface area contributed by atoms with E-state index in [1.54, 1.807) is 6.07 Å². The van der Waals surface area contributed by atoms with Crippen molar-refractivity contribution >= 4 is 17.5 Å². The van der Waals surface area contributed by atoms with E-state index in [0.29, 0.717) is 12.4 Å². The van der Waals surface area contributed by atoms with E-state index < -0.39 is 5.97 Å². The summed E-state index contributed by atoms with van der Waals surface area (Å²) in [5.74, 6) is -0.190. The highest BCUT2D eigenvalue weighted by atomic mass is 16.5.